The van der Waals surface area contributed by atoms with Gasteiger partial charge in [0.25, 0.3) is 5.91 Å². The molecule has 1 heterocycles. The number of benzene rings is 2. The van der Waals surface area contributed by atoms with Crippen molar-refractivity contribution in [1.29, 1.82) is 0 Å². The van der Waals surface area contributed by atoms with Gasteiger partial charge in [0.15, 0.2) is 11.0 Å². The molecule has 168 valence electrons. The number of rotatable bonds is 8. The molecule has 3 aromatic rings. The second kappa shape index (κ2) is 10.5. The summed E-state index contributed by atoms with van der Waals surface area (Å²) in [5.41, 5.74) is 4.59. The predicted molar refractivity (Wildman–Crippen MR) is 128 cm³/mol. The monoisotopic (exact) mass is 451 g/mol. The van der Waals surface area contributed by atoms with Gasteiger partial charge in [-0.25, -0.2) is 0 Å². The molecule has 1 atom stereocenters. The molecule has 2 N–H and O–H groups in total. The van der Waals surface area contributed by atoms with Gasteiger partial charge in [-0.1, -0.05) is 55.1 Å². The van der Waals surface area contributed by atoms with Crippen molar-refractivity contribution >= 4 is 29.3 Å². The van der Waals surface area contributed by atoms with Gasteiger partial charge in [0.1, 0.15) is 0 Å². The first-order valence-electron chi connectivity index (χ1n) is 10.6. The van der Waals surface area contributed by atoms with E-state index >= 15 is 0 Å². The minimum atomic E-state index is -0.332. The Morgan fingerprint density at radius 1 is 1.06 bits per heavy atom. The van der Waals surface area contributed by atoms with Gasteiger partial charge in [-0.3, -0.25) is 9.59 Å². The van der Waals surface area contributed by atoms with Gasteiger partial charge in [0.2, 0.25) is 5.91 Å². The Morgan fingerprint density at radius 2 is 1.78 bits per heavy atom. The lowest BCUT2D eigenvalue weighted by molar-refractivity contribution is -0.113. The third-order valence-corrected chi connectivity index (χ3v) is 6.35. The summed E-state index contributed by atoms with van der Waals surface area (Å²) in [5, 5.41) is 15.1. The molecule has 32 heavy (non-hydrogen) atoms. The summed E-state index contributed by atoms with van der Waals surface area (Å²) in [5.74, 6) is 0.594. The van der Waals surface area contributed by atoms with Gasteiger partial charge < -0.3 is 15.2 Å². The summed E-state index contributed by atoms with van der Waals surface area (Å²) in [6.45, 7) is 7.83. The quantitative estimate of drug-likeness (QED) is 0.501. The molecular weight excluding hydrogens is 422 g/mol. The van der Waals surface area contributed by atoms with Crippen molar-refractivity contribution in [2.24, 2.45) is 7.05 Å². The Bertz CT molecular complexity index is 1130. The minimum Gasteiger partial charge on any atom is -0.342 e. The van der Waals surface area contributed by atoms with E-state index in [9.17, 15) is 9.59 Å². The first kappa shape index (κ1) is 23.5. The maximum Gasteiger partial charge on any atom is 0.252 e. The number of hydrogen-bond donors (Lipinski definition) is 2. The summed E-state index contributed by atoms with van der Waals surface area (Å²) < 4.78 is 1.81. The van der Waals surface area contributed by atoms with Crippen LogP contribution in [0.2, 0.25) is 0 Å². The molecule has 8 heteroatoms. The van der Waals surface area contributed by atoms with Crippen LogP contribution in [0.4, 0.5) is 5.69 Å². The smallest absolute Gasteiger partial charge is 0.252 e. The lowest BCUT2D eigenvalue weighted by atomic mass is 10.1. The average molecular weight is 452 g/mol. The zero-order valence-corrected chi connectivity index (χ0v) is 19.9. The fraction of sp³-hybridized carbons (Fsp3) is 0.333. The molecule has 2 amide bonds. The Labute approximate surface area is 193 Å². The minimum absolute atomic E-state index is 0.0931. The highest BCUT2D eigenvalue weighted by Gasteiger charge is 2.20. The van der Waals surface area contributed by atoms with Gasteiger partial charge >= 0.3 is 0 Å². The van der Waals surface area contributed by atoms with E-state index in [1.165, 1.54) is 11.8 Å². The second-order valence-electron chi connectivity index (χ2n) is 7.71. The van der Waals surface area contributed by atoms with Crippen LogP contribution in [0.15, 0.2) is 47.6 Å². The number of hydrogen-bond acceptors (Lipinski definition) is 5. The van der Waals surface area contributed by atoms with E-state index in [0.717, 1.165) is 28.8 Å². The molecule has 0 saturated heterocycles. The molecule has 0 spiro atoms. The Balaban J connectivity index is 1.62. The molecule has 0 fully saturated rings. The van der Waals surface area contributed by atoms with E-state index in [1.54, 1.807) is 6.07 Å². The fourth-order valence-corrected chi connectivity index (χ4v) is 4.22. The first-order valence-corrected chi connectivity index (χ1v) is 11.6. The number of carbonyl (C=O) groups is 2. The molecule has 0 unspecified atom stereocenters. The maximum absolute atomic E-state index is 12.6. The third kappa shape index (κ3) is 5.37. The molecular formula is C24H29N5O2S. The highest BCUT2D eigenvalue weighted by Crippen LogP contribution is 2.23. The third-order valence-electron chi connectivity index (χ3n) is 5.33. The fourth-order valence-electron chi connectivity index (χ4n) is 3.50. The maximum atomic E-state index is 12.6. The number of carbonyl (C=O) groups excluding carboxylic acids is 2. The largest absolute Gasteiger partial charge is 0.342 e. The van der Waals surface area contributed by atoms with Crippen molar-refractivity contribution in [1.82, 2.24) is 20.1 Å². The number of thioether (sulfide) groups is 1. The Kier molecular flexibility index (Phi) is 7.69. The molecule has 0 aliphatic rings. The average Bonchev–Trinajstić information content (AvgIpc) is 3.14. The lowest BCUT2D eigenvalue weighted by Gasteiger charge is -2.15. The van der Waals surface area contributed by atoms with E-state index in [2.05, 4.69) is 27.8 Å². The number of anilines is 1. The van der Waals surface area contributed by atoms with Crippen LogP contribution in [-0.2, 0) is 18.3 Å². The summed E-state index contributed by atoms with van der Waals surface area (Å²) in [7, 11) is 1.84. The van der Waals surface area contributed by atoms with E-state index < -0.39 is 0 Å². The van der Waals surface area contributed by atoms with Crippen molar-refractivity contribution in [3.63, 3.8) is 0 Å². The molecule has 3 rings (SSSR count). The second-order valence-corrected chi connectivity index (χ2v) is 8.65. The summed E-state index contributed by atoms with van der Waals surface area (Å²) in [6, 6.07) is 13.1. The van der Waals surface area contributed by atoms with Crippen molar-refractivity contribution in [3.8, 4) is 0 Å². The normalized spacial score (nSPS) is 11.8. The van der Waals surface area contributed by atoms with Crippen LogP contribution in [0.25, 0.3) is 0 Å². The molecule has 7 nitrogen and oxygen atoms in total. The van der Waals surface area contributed by atoms with Crippen molar-refractivity contribution in [2.75, 3.05) is 11.1 Å². The molecule has 2 aromatic carbocycles. The predicted octanol–water partition coefficient (Wildman–Crippen LogP) is 4.22. The van der Waals surface area contributed by atoms with E-state index in [1.807, 2.05) is 68.8 Å². The summed E-state index contributed by atoms with van der Waals surface area (Å²) in [4.78, 5) is 25.2. The van der Waals surface area contributed by atoms with Crippen LogP contribution in [0.5, 0.6) is 0 Å². The highest BCUT2D eigenvalue weighted by atomic mass is 32.2. The molecule has 0 bridgehead atoms. The molecule has 0 saturated carbocycles. The number of amides is 2. The Hall–Kier alpha value is -3.13. The standard InChI is InChI=1S/C24H29N5O2S/c1-6-18-12-9-11-16(3)21(18)26-20(30)14-32-24-28-27-22(29(24)5)17(4)25-23(31)19-13-8-7-10-15(19)2/h7-13,17H,6,14H2,1-5H3,(H,25,31)(H,26,30)/t17-/m1/s1. The van der Waals surface area contributed by atoms with Gasteiger partial charge in [0.05, 0.1) is 11.8 Å². The van der Waals surface area contributed by atoms with Gasteiger partial charge in [-0.2, -0.15) is 0 Å². The van der Waals surface area contributed by atoms with Crippen LogP contribution in [0, 0.1) is 13.8 Å². The zero-order chi connectivity index (χ0) is 23.3. The van der Waals surface area contributed by atoms with Crippen molar-refractivity contribution < 1.29 is 9.59 Å². The Morgan fingerprint density at radius 3 is 2.50 bits per heavy atom. The van der Waals surface area contributed by atoms with Crippen molar-refractivity contribution in [2.45, 2.75) is 45.3 Å². The van der Waals surface area contributed by atoms with Crippen LogP contribution in [0.1, 0.15) is 52.8 Å². The molecule has 0 radical (unpaired) electrons. The number of aryl methyl sites for hydroxylation is 3. The number of para-hydroxylation sites is 1. The number of aromatic nitrogens is 3. The summed E-state index contributed by atoms with van der Waals surface area (Å²) >= 11 is 1.31. The van der Waals surface area contributed by atoms with Crippen LogP contribution in [0.3, 0.4) is 0 Å². The van der Waals surface area contributed by atoms with Gasteiger partial charge in [-0.05, 0) is 49.9 Å². The van der Waals surface area contributed by atoms with Gasteiger partial charge in [0, 0.05) is 18.3 Å². The highest BCUT2D eigenvalue weighted by molar-refractivity contribution is 7.99. The number of nitrogens with one attached hydrogen (secondary N) is 2. The van der Waals surface area contributed by atoms with Crippen LogP contribution < -0.4 is 10.6 Å². The van der Waals surface area contributed by atoms with E-state index in [0.29, 0.717) is 16.5 Å². The summed E-state index contributed by atoms with van der Waals surface area (Å²) in [6.07, 6.45) is 0.850. The van der Waals surface area contributed by atoms with Crippen molar-refractivity contribution in [3.05, 3.63) is 70.5 Å². The van der Waals surface area contributed by atoms with Crippen LogP contribution >= 0.6 is 11.8 Å². The number of nitrogens with zero attached hydrogens (tertiary/aromatic N) is 3. The zero-order valence-electron chi connectivity index (χ0n) is 19.1. The van der Waals surface area contributed by atoms with E-state index in [4.69, 9.17) is 0 Å². The molecule has 1 aromatic heterocycles. The molecule has 0 aliphatic heterocycles. The SMILES string of the molecule is CCc1cccc(C)c1NC(=O)CSc1nnc([C@@H](C)NC(=O)c2ccccc2C)n1C. The first-order chi connectivity index (χ1) is 15.3. The van der Waals surface area contributed by atoms with E-state index in [-0.39, 0.29) is 23.6 Å². The molecule has 0 aliphatic carbocycles. The van der Waals surface area contributed by atoms with Crippen LogP contribution in [-0.4, -0.2) is 32.3 Å². The lowest BCUT2D eigenvalue weighted by Crippen LogP contribution is -2.29. The van der Waals surface area contributed by atoms with Gasteiger partial charge in [-0.15, -0.1) is 10.2 Å². The topological polar surface area (TPSA) is 88.9 Å².